The van der Waals surface area contributed by atoms with E-state index in [1.165, 1.54) is 6.92 Å². The van der Waals surface area contributed by atoms with Gasteiger partial charge in [0.2, 0.25) is 5.91 Å². The lowest BCUT2D eigenvalue weighted by molar-refractivity contribution is -0.303. The third-order valence-electron chi connectivity index (χ3n) is 12.1. The lowest BCUT2D eigenvalue weighted by atomic mass is 9.87. The van der Waals surface area contributed by atoms with E-state index in [9.17, 15) is 60.7 Å². The quantitative estimate of drug-likeness (QED) is 0.172. The number of carbonyl (C=O) groups is 2. The minimum atomic E-state index is -2.21. The van der Waals surface area contributed by atoms with Gasteiger partial charge < -0.3 is 81.1 Å². The molecule has 2 saturated heterocycles. The molecule has 0 aliphatic carbocycles. The Bertz CT molecular complexity index is 1690. The third-order valence-corrected chi connectivity index (χ3v) is 12.1. The molecule has 3 aliphatic heterocycles. The van der Waals surface area contributed by atoms with E-state index in [-0.39, 0.29) is 31.6 Å². The number of allylic oxidation sites excluding steroid dienone is 12. The monoisotopic (exact) mass is 937 g/mol. The van der Waals surface area contributed by atoms with Crippen LogP contribution in [0.25, 0.3) is 0 Å². The molecule has 18 heteroatoms. The molecule has 374 valence electrons. The maximum atomic E-state index is 12.6. The Hall–Kier alpha value is -3.44. The number of fused-ring (bicyclic) bond motifs is 2. The van der Waals surface area contributed by atoms with Gasteiger partial charge in [-0.15, -0.1) is 0 Å². The first-order chi connectivity index (χ1) is 31.1. The Morgan fingerprint density at radius 1 is 0.682 bits per heavy atom. The summed E-state index contributed by atoms with van der Waals surface area (Å²) in [5, 5.41) is 111. The zero-order valence-electron chi connectivity index (χ0n) is 38.6. The Balaban J connectivity index is 1.87. The molecule has 2 fully saturated rings. The van der Waals surface area contributed by atoms with Gasteiger partial charge in [0.05, 0.1) is 85.6 Å². The van der Waals surface area contributed by atoms with Crippen LogP contribution in [0, 0.1) is 11.8 Å². The van der Waals surface area contributed by atoms with Gasteiger partial charge in [-0.25, -0.2) is 0 Å². The average Bonchev–Trinajstić information content (AvgIpc) is 3.23. The summed E-state index contributed by atoms with van der Waals surface area (Å²) in [7, 11) is 0. The van der Waals surface area contributed by atoms with Gasteiger partial charge in [-0.2, -0.15) is 0 Å². The van der Waals surface area contributed by atoms with Crippen molar-refractivity contribution in [3.8, 4) is 0 Å². The molecule has 3 heterocycles. The summed E-state index contributed by atoms with van der Waals surface area (Å²) < 4.78 is 23.5. The van der Waals surface area contributed by atoms with E-state index in [1.54, 1.807) is 63.3 Å². The van der Waals surface area contributed by atoms with E-state index in [0.717, 1.165) is 0 Å². The van der Waals surface area contributed by atoms with Crippen LogP contribution in [0.3, 0.4) is 0 Å². The largest absolute Gasteiger partial charge is 0.462 e. The molecule has 3 aliphatic rings. The van der Waals surface area contributed by atoms with Crippen molar-refractivity contribution in [2.45, 2.75) is 189 Å². The molecule has 66 heavy (non-hydrogen) atoms. The van der Waals surface area contributed by atoms with Crippen molar-refractivity contribution < 1.29 is 79.6 Å². The molecule has 18 nitrogen and oxygen atoms in total. The maximum absolute atomic E-state index is 12.6. The standard InChI is InChI=1S/C48H76N2O16/c1-28-18-16-14-12-10-8-6-7-9-11-13-15-17-19-36(65-47-46(61)42(49)45(60)31(4)64-47)25-40-43(50-32(5)51)39(57)27-48(62,66-40)26-35(54)23-38(56)37(55)21-20-33(52)22-34(53)24-41(58)63-30(3)29(2)44(28)59/h6-19,28-31,33-40,42-47,52-57,59-62H,20-27,49H2,1-5H3,(H,50,51)/b7-6+,10-8+,11-9+,14-12+,15-13+,18-16+,19-17+/t28-,29-,30-,31+,33+,34?,35?,36-,37+,38?,39-,40?,42-,43+,44+,45+,46-,47-,48+/m0/s1. The minimum absolute atomic E-state index is 0.0853. The number of hydrogen-bond acceptors (Lipinski definition) is 17. The number of rotatable bonds is 3. The molecule has 2 bridgehead atoms. The number of amides is 1. The second-order valence-corrected chi connectivity index (χ2v) is 17.9. The van der Waals surface area contributed by atoms with E-state index in [2.05, 4.69) is 5.32 Å². The van der Waals surface area contributed by atoms with Crippen LogP contribution in [-0.4, -0.2) is 166 Å². The average molecular weight is 937 g/mol. The highest BCUT2D eigenvalue weighted by Crippen LogP contribution is 2.35. The summed E-state index contributed by atoms with van der Waals surface area (Å²) in [5.74, 6) is -4.16. The van der Waals surface area contributed by atoms with Crippen molar-refractivity contribution in [2.24, 2.45) is 17.6 Å². The summed E-state index contributed by atoms with van der Waals surface area (Å²) in [6.07, 6.45) is 5.48. The van der Waals surface area contributed by atoms with Crippen molar-refractivity contribution in [3.63, 3.8) is 0 Å². The summed E-state index contributed by atoms with van der Waals surface area (Å²) >= 11 is 0. The number of hydrogen-bond donors (Lipinski definition) is 12. The lowest BCUT2D eigenvalue weighted by Crippen LogP contribution is -2.63. The molecule has 13 N–H and O–H groups in total. The Morgan fingerprint density at radius 3 is 1.85 bits per heavy atom. The number of ether oxygens (including phenoxy) is 4. The van der Waals surface area contributed by atoms with Crippen molar-refractivity contribution in [2.75, 3.05) is 0 Å². The molecule has 0 saturated carbocycles. The van der Waals surface area contributed by atoms with Crippen LogP contribution in [0.2, 0.25) is 0 Å². The molecule has 3 rings (SSSR count). The highest BCUT2D eigenvalue weighted by Gasteiger charge is 2.49. The van der Waals surface area contributed by atoms with Gasteiger partial charge in [-0.3, -0.25) is 9.59 Å². The molecule has 0 aromatic carbocycles. The molecule has 0 spiro atoms. The normalized spacial score (nSPS) is 44.9. The molecule has 4 unspecified atom stereocenters. The zero-order chi connectivity index (χ0) is 49.1. The second-order valence-electron chi connectivity index (χ2n) is 17.9. The summed E-state index contributed by atoms with van der Waals surface area (Å²) in [4.78, 5) is 24.9. The Morgan fingerprint density at radius 2 is 1.26 bits per heavy atom. The van der Waals surface area contributed by atoms with Crippen LogP contribution in [0.5, 0.6) is 0 Å². The summed E-state index contributed by atoms with van der Waals surface area (Å²) in [6.45, 7) is 8.04. The number of carbonyl (C=O) groups excluding carboxylic acids is 2. The third kappa shape index (κ3) is 19.3. The lowest BCUT2D eigenvalue weighted by Gasteiger charge is -2.46. The smallest absolute Gasteiger partial charge is 0.308 e. The van der Waals surface area contributed by atoms with Crippen LogP contribution in [-0.2, 0) is 28.5 Å². The molecular formula is C48H76N2O16. The highest BCUT2D eigenvalue weighted by molar-refractivity contribution is 5.73. The van der Waals surface area contributed by atoms with Gasteiger partial charge in [-0.05, 0) is 33.1 Å². The number of nitrogens with two attached hydrogens (primary N) is 1. The number of esters is 1. The molecule has 19 atom stereocenters. The van der Waals surface area contributed by atoms with Gasteiger partial charge in [-0.1, -0.05) is 98.9 Å². The highest BCUT2D eigenvalue weighted by atomic mass is 16.7. The first kappa shape index (κ1) is 56.9. The predicted octanol–water partition coefficient (Wildman–Crippen LogP) is 0.516. The first-order valence-electron chi connectivity index (χ1n) is 22.8. The Labute approximate surface area is 388 Å². The predicted molar refractivity (Wildman–Crippen MR) is 243 cm³/mol. The van der Waals surface area contributed by atoms with Crippen molar-refractivity contribution in [1.29, 1.82) is 0 Å². The zero-order valence-corrected chi connectivity index (χ0v) is 38.6. The van der Waals surface area contributed by atoms with E-state index in [0.29, 0.717) is 0 Å². The van der Waals surface area contributed by atoms with Crippen molar-refractivity contribution in [3.05, 3.63) is 85.1 Å². The number of aliphatic hydroxyl groups is 10. The molecular weight excluding hydrogens is 861 g/mol. The fraction of sp³-hybridized carbons (Fsp3) is 0.667. The Kier molecular flexibility index (Phi) is 24.3. The van der Waals surface area contributed by atoms with E-state index >= 15 is 0 Å². The SMILES string of the molecule is CC(=O)N[C@H]1C2C[C@@H](O[C@@H]3O[C@H](C)[C@@H](O)[C@H](N)[C@@H]3O)/C=C/C=C/C=C/C=C/C=C/C=C/C=C/[C@H](C)[C@@H](O)[C@@H](C)[C@H](C)OC(=O)CC(O)C[C@H](O)CC[C@@H](O)C(O)CC(O)C[C@](O)(C[C@@H]1O)O2. The van der Waals surface area contributed by atoms with E-state index < -0.39 is 147 Å². The number of aliphatic hydroxyl groups excluding tert-OH is 9. The van der Waals surface area contributed by atoms with Gasteiger partial charge in [0, 0.05) is 44.4 Å². The van der Waals surface area contributed by atoms with Crippen LogP contribution >= 0.6 is 0 Å². The van der Waals surface area contributed by atoms with Crippen molar-refractivity contribution in [1.82, 2.24) is 5.32 Å². The second kappa shape index (κ2) is 28.1. The van der Waals surface area contributed by atoms with Crippen LogP contribution in [0.4, 0.5) is 0 Å². The first-order valence-corrected chi connectivity index (χ1v) is 22.8. The van der Waals surface area contributed by atoms with Gasteiger partial charge >= 0.3 is 5.97 Å². The molecule has 0 aromatic rings. The number of nitrogens with one attached hydrogen (secondary N) is 1. The van der Waals surface area contributed by atoms with Gasteiger partial charge in [0.15, 0.2) is 12.1 Å². The van der Waals surface area contributed by atoms with Crippen LogP contribution < -0.4 is 11.1 Å². The number of cyclic esters (lactones) is 1. The maximum Gasteiger partial charge on any atom is 0.308 e. The van der Waals surface area contributed by atoms with E-state index in [4.69, 9.17) is 24.7 Å². The molecule has 0 aromatic heterocycles. The fourth-order valence-electron chi connectivity index (χ4n) is 8.07. The van der Waals surface area contributed by atoms with Gasteiger partial charge in [0.1, 0.15) is 12.2 Å². The van der Waals surface area contributed by atoms with E-state index in [1.807, 2.05) is 49.5 Å². The van der Waals surface area contributed by atoms with Crippen LogP contribution in [0.1, 0.15) is 86.0 Å². The minimum Gasteiger partial charge on any atom is -0.462 e. The molecule has 0 radical (unpaired) electrons. The topological polar surface area (TPSA) is 311 Å². The fourth-order valence-corrected chi connectivity index (χ4v) is 8.07. The van der Waals surface area contributed by atoms with Crippen LogP contribution in [0.15, 0.2) is 85.1 Å². The summed E-state index contributed by atoms with van der Waals surface area (Å²) in [5.41, 5.74) is 6.06. The molecule has 1 amide bonds. The van der Waals surface area contributed by atoms with Gasteiger partial charge in [0.25, 0.3) is 0 Å². The van der Waals surface area contributed by atoms with Crippen molar-refractivity contribution >= 4 is 11.9 Å². The summed E-state index contributed by atoms with van der Waals surface area (Å²) in [6, 6.07) is -2.19.